The summed E-state index contributed by atoms with van der Waals surface area (Å²) in [5, 5.41) is 6.51. The summed E-state index contributed by atoms with van der Waals surface area (Å²) in [5.41, 5.74) is 2.15. The lowest BCUT2D eigenvalue weighted by molar-refractivity contribution is 0.687. The van der Waals surface area contributed by atoms with Gasteiger partial charge in [0.05, 0.1) is 0 Å². The van der Waals surface area contributed by atoms with Crippen LogP contribution in [0.4, 0.5) is 17.5 Å². The molecule has 20 heavy (non-hydrogen) atoms. The first-order chi connectivity index (χ1) is 9.54. The zero-order valence-corrected chi connectivity index (χ0v) is 13.5. The van der Waals surface area contributed by atoms with E-state index in [4.69, 9.17) is 0 Å². The second-order valence-electron chi connectivity index (χ2n) is 5.13. The van der Waals surface area contributed by atoms with E-state index >= 15 is 0 Å². The van der Waals surface area contributed by atoms with Gasteiger partial charge in [-0.05, 0) is 42.7 Å². The van der Waals surface area contributed by atoms with Gasteiger partial charge in [-0.3, -0.25) is 0 Å². The standard InChI is InChI=1S/C15H19BrN4/c1-10(2)9-18-14-6-7-17-15(20-14)19-12-4-5-13(16)11(3)8-12/h4-8,10H,9H2,1-3H3,(H2,17,18,19,20). The van der Waals surface area contributed by atoms with Crippen molar-refractivity contribution in [3.05, 3.63) is 40.5 Å². The molecule has 0 aliphatic rings. The average molecular weight is 335 g/mol. The molecule has 1 aromatic heterocycles. The molecule has 0 unspecified atom stereocenters. The number of aryl methyl sites for hydroxylation is 1. The van der Waals surface area contributed by atoms with E-state index < -0.39 is 0 Å². The van der Waals surface area contributed by atoms with E-state index in [1.54, 1.807) is 6.20 Å². The van der Waals surface area contributed by atoms with Crippen molar-refractivity contribution < 1.29 is 0 Å². The first-order valence-corrected chi connectivity index (χ1v) is 7.44. The van der Waals surface area contributed by atoms with Crippen molar-refractivity contribution in [1.29, 1.82) is 0 Å². The average Bonchev–Trinajstić information content (AvgIpc) is 2.41. The van der Waals surface area contributed by atoms with Gasteiger partial charge in [-0.15, -0.1) is 0 Å². The third kappa shape index (κ3) is 4.20. The van der Waals surface area contributed by atoms with Crippen molar-refractivity contribution in [2.75, 3.05) is 17.2 Å². The molecular weight excluding hydrogens is 316 g/mol. The first-order valence-electron chi connectivity index (χ1n) is 6.64. The van der Waals surface area contributed by atoms with Crippen LogP contribution in [-0.2, 0) is 0 Å². The molecule has 0 spiro atoms. The molecule has 4 nitrogen and oxygen atoms in total. The number of benzene rings is 1. The lowest BCUT2D eigenvalue weighted by Crippen LogP contribution is -2.10. The number of rotatable bonds is 5. The SMILES string of the molecule is Cc1cc(Nc2nccc(NCC(C)C)n2)ccc1Br. The van der Waals surface area contributed by atoms with Crippen LogP contribution in [0.1, 0.15) is 19.4 Å². The third-order valence-corrected chi connectivity index (χ3v) is 3.65. The molecule has 2 aromatic rings. The smallest absolute Gasteiger partial charge is 0.229 e. The van der Waals surface area contributed by atoms with Crippen LogP contribution < -0.4 is 10.6 Å². The van der Waals surface area contributed by atoms with Crippen molar-refractivity contribution in [1.82, 2.24) is 9.97 Å². The zero-order valence-electron chi connectivity index (χ0n) is 11.9. The van der Waals surface area contributed by atoms with Crippen LogP contribution in [0.5, 0.6) is 0 Å². The molecule has 1 heterocycles. The lowest BCUT2D eigenvalue weighted by atomic mass is 10.2. The molecule has 0 radical (unpaired) electrons. The molecule has 0 amide bonds. The van der Waals surface area contributed by atoms with Crippen LogP contribution in [0.2, 0.25) is 0 Å². The summed E-state index contributed by atoms with van der Waals surface area (Å²) >= 11 is 3.49. The van der Waals surface area contributed by atoms with Crippen LogP contribution in [-0.4, -0.2) is 16.5 Å². The molecular formula is C15H19BrN4. The maximum absolute atomic E-state index is 4.45. The predicted octanol–water partition coefficient (Wildman–Crippen LogP) is 4.36. The van der Waals surface area contributed by atoms with Gasteiger partial charge in [0.15, 0.2) is 0 Å². The molecule has 0 aliphatic carbocycles. The second kappa shape index (κ2) is 6.70. The summed E-state index contributed by atoms with van der Waals surface area (Å²) in [5.74, 6) is 2.01. The Bertz CT molecular complexity index is 584. The van der Waals surface area contributed by atoms with Gasteiger partial charge in [0, 0.05) is 22.9 Å². The molecule has 5 heteroatoms. The molecule has 106 valence electrons. The number of aromatic nitrogens is 2. The molecule has 0 atom stereocenters. The van der Waals surface area contributed by atoms with Gasteiger partial charge < -0.3 is 10.6 Å². The van der Waals surface area contributed by atoms with E-state index in [0.29, 0.717) is 11.9 Å². The Kier molecular flexibility index (Phi) is 4.95. The lowest BCUT2D eigenvalue weighted by Gasteiger charge is -2.10. The molecule has 0 bridgehead atoms. The van der Waals surface area contributed by atoms with E-state index in [9.17, 15) is 0 Å². The highest BCUT2D eigenvalue weighted by atomic mass is 79.9. The number of anilines is 3. The Morgan fingerprint density at radius 3 is 2.75 bits per heavy atom. The number of nitrogens with one attached hydrogen (secondary N) is 2. The zero-order chi connectivity index (χ0) is 14.5. The summed E-state index contributed by atoms with van der Waals surface area (Å²) in [6, 6.07) is 7.94. The molecule has 0 aliphatic heterocycles. The fourth-order valence-electron chi connectivity index (χ4n) is 1.68. The number of hydrogen-bond acceptors (Lipinski definition) is 4. The van der Waals surface area contributed by atoms with E-state index in [-0.39, 0.29) is 0 Å². The van der Waals surface area contributed by atoms with Crippen LogP contribution in [0.3, 0.4) is 0 Å². The predicted molar refractivity (Wildman–Crippen MR) is 87.5 cm³/mol. The van der Waals surface area contributed by atoms with Gasteiger partial charge in [-0.1, -0.05) is 29.8 Å². The van der Waals surface area contributed by atoms with E-state index in [2.05, 4.69) is 63.4 Å². The summed E-state index contributed by atoms with van der Waals surface area (Å²) in [6.45, 7) is 7.28. The number of nitrogens with zero attached hydrogens (tertiary/aromatic N) is 2. The van der Waals surface area contributed by atoms with Gasteiger partial charge in [0.25, 0.3) is 0 Å². The maximum atomic E-state index is 4.45. The first kappa shape index (κ1) is 14.8. The molecule has 1 aromatic carbocycles. The minimum Gasteiger partial charge on any atom is -0.370 e. The fourth-order valence-corrected chi connectivity index (χ4v) is 1.92. The van der Waals surface area contributed by atoms with Crippen molar-refractivity contribution in [3.8, 4) is 0 Å². The van der Waals surface area contributed by atoms with Crippen LogP contribution in [0, 0.1) is 12.8 Å². The van der Waals surface area contributed by atoms with Crippen molar-refractivity contribution in [2.45, 2.75) is 20.8 Å². The second-order valence-corrected chi connectivity index (χ2v) is 5.98. The molecule has 0 saturated carbocycles. The Labute approximate surface area is 128 Å². The van der Waals surface area contributed by atoms with Crippen molar-refractivity contribution >= 4 is 33.4 Å². The number of hydrogen-bond donors (Lipinski definition) is 2. The van der Waals surface area contributed by atoms with Gasteiger partial charge >= 0.3 is 0 Å². The highest BCUT2D eigenvalue weighted by molar-refractivity contribution is 9.10. The van der Waals surface area contributed by atoms with Gasteiger partial charge in [-0.25, -0.2) is 4.98 Å². The summed E-state index contributed by atoms with van der Waals surface area (Å²) in [4.78, 5) is 8.69. The quantitative estimate of drug-likeness (QED) is 0.852. The third-order valence-electron chi connectivity index (χ3n) is 2.76. The monoisotopic (exact) mass is 334 g/mol. The Morgan fingerprint density at radius 2 is 2.05 bits per heavy atom. The van der Waals surface area contributed by atoms with Gasteiger partial charge in [-0.2, -0.15) is 4.98 Å². The fraction of sp³-hybridized carbons (Fsp3) is 0.333. The Balaban J connectivity index is 2.08. The molecule has 2 N–H and O–H groups in total. The van der Waals surface area contributed by atoms with Crippen molar-refractivity contribution in [2.24, 2.45) is 5.92 Å². The Morgan fingerprint density at radius 1 is 1.25 bits per heavy atom. The highest BCUT2D eigenvalue weighted by Crippen LogP contribution is 2.22. The topological polar surface area (TPSA) is 49.8 Å². The minimum absolute atomic E-state index is 0.579. The van der Waals surface area contributed by atoms with Crippen LogP contribution in [0.15, 0.2) is 34.9 Å². The maximum Gasteiger partial charge on any atom is 0.229 e. The molecule has 2 rings (SSSR count). The van der Waals surface area contributed by atoms with Crippen LogP contribution >= 0.6 is 15.9 Å². The Hall–Kier alpha value is -1.62. The highest BCUT2D eigenvalue weighted by Gasteiger charge is 2.02. The summed E-state index contributed by atoms with van der Waals surface area (Å²) in [6.07, 6.45) is 1.75. The van der Waals surface area contributed by atoms with Gasteiger partial charge in [0.2, 0.25) is 5.95 Å². The largest absolute Gasteiger partial charge is 0.370 e. The summed E-state index contributed by atoms with van der Waals surface area (Å²) < 4.78 is 1.09. The van der Waals surface area contributed by atoms with Crippen LogP contribution in [0.25, 0.3) is 0 Å². The van der Waals surface area contributed by atoms with Gasteiger partial charge in [0.1, 0.15) is 5.82 Å². The summed E-state index contributed by atoms with van der Waals surface area (Å²) in [7, 11) is 0. The number of halogens is 1. The van der Waals surface area contributed by atoms with E-state index in [1.807, 2.05) is 18.2 Å². The molecule has 0 saturated heterocycles. The van der Waals surface area contributed by atoms with E-state index in [1.165, 1.54) is 5.56 Å². The molecule has 0 fully saturated rings. The minimum atomic E-state index is 0.579. The normalized spacial score (nSPS) is 10.7. The van der Waals surface area contributed by atoms with Crippen molar-refractivity contribution in [3.63, 3.8) is 0 Å². The van der Waals surface area contributed by atoms with E-state index in [0.717, 1.165) is 22.5 Å².